The third kappa shape index (κ3) is 3.49. The molecule has 1 aliphatic heterocycles. The minimum absolute atomic E-state index is 0.0841. The molecule has 110 valence electrons. The highest BCUT2D eigenvalue weighted by molar-refractivity contribution is 5.84. The molecule has 1 unspecified atom stereocenters. The lowest BCUT2D eigenvalue weighted by Crippen LogP contribution is -2.44. The van der Waals surface area contributed by atoms with E-state index in [0.29, 0.717) is 11.7 Å². The number of carbonyl (C=O) groups is 1. The summed E-state index contributed by atoms with van der Waals surface area (Å²) in [6.07, 6.45) is 3.35. The summed E-state index contributed by atoms with van der Waals surface area (Å²) in [5.74, 6) is 1.06. The molecule has 1 saturated heterocycles. The zero-order valence-electron chi connectivity index (χ0n) is 11.9. The van der Waals surface area contributed by atoms with E-state index in [-0.39, 0.29) is 17.9 Å². The standard InChI is InChI=1S/C13H21N5O2/c1-9(12(19)18-6-4-3-5-7-18)15-10-8-11(20-2)17-13(14)16-10/h8-9H,3-7H2,1-2H3,(H3,14,15,16,17). The molecule has 1 amide bonds. The molecule has 0 bridgehead atoms. The van der Waals surface area contributed by atoms with Gasteiger partial charge in [-0.15, -0.1) is 0 Å². The Kier molecular flexibility index (Phi) is 4.60. The fourth-order valence-electron chi connectivity index (χ4n) is 2.29. The maximum atomic E-state index is 12.3. The number of ether oxygens (including phenoxy) is 1. The first kappa shape index (κ1) is 14.4. The normalized spacial score (nSPS) is 16.6. The molecule has 7 heteroatoms. The first-order valence-corrected chi connectivity index (χ1v) is 6.84. The number of carbonyl (C=O) groups excluding carboxylic acids is 1. The molecule has 0 spiro atoms. The number of hydrogen-bond donors (Lipinski definition) is 2. The predicted octanol–water partition coefficient (Wildman–Crippen LogP) is 0.880. The SMILES string of the molecule is COc1cc(NC(C)C(=O)N2CCCCC2)nc(N)n1. The number of nitrogens with zero attached hydrogens (tertiary/aromatic N) is 3. The average molecular weight is 279 g/mol. The molecule has 0 radical (unpaired) electrons. The third-order valence-corrected chi connectivity index (χ3v) is 3.33. The Morgan fingerprint density at radius 1 is 1.40 bits per heavy atom. The third-order valence-electron chi connectivity index (χ3n) is 3.33. The number of piperidine rings is 1. The van der Waals surface area contributed by atoms with E-state index in [4.69, 9.17) is 10.5 Å². The maximum absolute atomic E-state index is 12.3. The molecule has 0 aliphatic carbocycles. The van der Waals surface area contributed by atoms with E-state index < -0.39 is 0 Å². The minimum atomic E-state index is -0.355. The van der Waals surface area contributed by atoms with Crippen LogP contribution in [0.5, 0.6) is 5.88 Å². The Morgan fingerprint density at radius 2 is 2.10 bits per heavy atom. The van der Waals surface area contributed by atoms with Gasteiger partial charge in [0.15, 0.2) is 0 Å². The highest BCUT2D eigenvalue weighted by Crippen LogP contribution is 2.16. The lowest BCUT2D eigenvalue weighted by molar-refractivity contribution is -0.132. The van der Waals surface area contributed by atoms with Gasteiger partial charge in [0, 0.05) is 19.2 Å². The number of likely N-dealkylation sites (tertiary alicyclic amines) is 1. The summed E-state index contributed by atoms with van der Waals surface area (Å²) >= 11 is 0. The van der Waals surface area contributed by atoms with Crippen molar-refractivity contribution in [2.45, 2.75) is 32.2 Å². The largest absolute Gasteiger partial charge is 0.481 e. The van der Waals surface area contributed by atoms with Crippen molar-refractivity contribution in [2.75, 3.05) is 31.2 Å². The Bertz CT molecular complexity index is 474. The van der Waals surface area contributed by atoms with Gasteiger partial charge in [-0.3, -0.25) is 4.79 Å². The maximum Gasteiger partial charge on any atom is 0.244 e. The van der Waals surface area contributed by atoms with Gasteiger partial charge in [-0.05, 0) is 26.2 Å². The number of aromatic nitrogens is 2. The molecular formula is C13H21N5O2. The van der Waals surface area contributed by atoms with Gasteiger partial charge in [0.1, 0.15) is 11.9 Å². The van der Waals surface area contributed by atoms with Crippen LogP contribution >= 0.6 is 0 Å². The molecule has 1 aromatic heterocycles. The van der Waals surface area contributed by atoms with Crippen LogP contribution in [-0.4, -0.2) is 47.0 Å². The Morgan fingerprint density at radius 3 is 2.75 bits per heavy atom. The smallest absolute Gasteiger partial charge is 0.244 e. The lowest BCUT2D eigenvalue weighted by Gasteiger charge is -2.29. The van der Waals surface area contributed by atoms with Gasteiger partial charge in [-0.1, -0.05) is 0 Å². The molecule has 2 heterocycles. The summed E-state index contributed by atoms with van der Waals surface area (Å²) in [5.41, 5.74) is 5.59. The molecule has 1 aliphatic rings. The van der Waals surface area contributed by atoms with E-state index in [0.717, 1.165) is 25.9 Å². The van der Waals surface area contributed by atoms with E-state index in [9.17, 15) is 4.79 Å². The topological polar surface area (TPSA) is 93.4 Å². The van der Waals surface area contributed by atoms with E-state index in [2.05, 4.69) is 15.3 Å². The van der Waals surface area contributed by atoms with Gasteiger partial charge >= 0.3 is 0 Å². The van der Waals surface area contributed by atoms with Crippen LogP contribution in [0, 0.1) is 0 Å². The second-order valence-corrected chi connectivity index (χ2v) is 4.91. The Hall–Kier alpha value is -2.05. The number of nitrogen functional groups attached to an aromatic ring is 1. The van der Waals surface area contributed by atoms with Crippen LogP contribution in [0.3, 0.4) is 0 Å². The number of rotatable bonds is 4. The molecule has 3 N–H and O–H groups in total. The quantitative estimate of drug-likeness (QED) is 0.850. The van der Waals surface area contributed by atoms with E-state index >= 15 is 0 Å². The fraction of sp³-hybridized carbons (Fsp3) is 0.615. The van der Waals surface area contributed by atoms with Gasteiger partial charge in [0.2, 0.25) is 17.7 Å². The highest BCUT2D eigenvalue weighted by Gasteiger charge is 2.22. The van der Waals surface area contributed by atoms with E-state index in [1.54, 1.807) is 6.07 Å². The molecule has 20 heavy (non-hydrogen) atoms. The van der Waals surface area contributed by atoms with Crippen molar-refractivity contribution >= 4 is 17.7 Å². The Labute approximate surface area is 118 Å². The van der Waals surface area contributed by atoms with Gasteiger partial charge in [0.25, 0.3) is 0 Å². The van der Waals surface area contributed by atoms with Gasteiger partial charge in [-0.25, -0.2) is 0 Å². The lowest BCUT2D eigenvalue weighted by atomic mass is 10.1. The van der Waals surface area contributed by atoms with Crippen molar-refractivity contribution < 1.29 is 9.53 Å². The van der Waals surface area contributed by atoms with Crippen LogP contribution in [0.2, 0.25) is 0 Å². The number of nitrogens with two attached hydrogens (primary N) is 1. The molecule has 0 aromatic carbocycles. The number of hydrogen-bond acceptors (Lipinski definition) is 6. The molecule has 1 atom stereocenters. The predicted molar refractivity (Wildman–Crippen MR) is 76.5 cm³/mol. The summed E-state index contributed by atoms with van der Waals surface area (Å²) in [4.78, 5) is 22.1. The molecular weight excluding hydrogens is 258 g/mol. The zero-order chi connectivity index (χ0) is 14.5. The Balaban J connectivity index is 2.01. The monoisotopic (exact) mass is 279 g/mol. The zero-order valence-corrected chi connectivity index (χ0v) is 11.9. The number of nitrogens with one attached hydrogen (secondary N) is 1. The van der Waals surface area contributed by atoms with Gasteiger partial charge in [0.05, 0.1) is 7.11 Å². The van der Waals surface area contributed by atoms with Crippen LogP contribution in [-0.2, 0) is 4.79 Å². The van der Waals surface area contributed by atoms with E-state index in [1.807, 2.05) is 11.8 Å². The second-order valence-electron chi connectivity index (χ2n) is 4.91. The molecule has 1 fully saturated rings. The summed E-state index contributed by atoms with van der Waals surface area (Å²) in [7, 11) is 1.51. The summed E-state index contributed by atoms with van der Waals surface area (Å²) < 4.78 is 5.03. The number of amides is 1. The molecule has 0 saturated carbocycles. The van der Waals surface area contributed by atoms with Crippen LogP contribution in [0.4, 0.5) is 11.8 Å². The van der Waals surface area contributed by atoms with E-state index in [1.165, 1.54) is 13.5 Å². The molecule has 7 nitrogen and oxygen atoms in total. The van der Waals surface area contributed by atoms with Gasteiger partial charge < -0.3 is 20.7 Å². The van der Waals surface area contributed by atoms with Crippen molar-refractivity contribution in [2.24, 2.45) is 0 Å². The first-order valence-electron chi connectivity index (χ1n) is 6.84. The average Bonchev–Trinajstić information content (AvgIpc) is 2.46. The summed E-state index contributed by atoms with van der Waals surface area (Å²) in [6, 6.07) is 1.27. The van der Waals surface area contributed by atoms with Crippen molar-refractivity contribution in [3.63, 3.8) is 0 Å². The summed E-state index contributed by atoms with van der Waals surface area (Å²) in [5, 5.41) is 3.05. The van der Waals surface area contributed by atoms with Crippen LogP contribution in [0.15, 0.2) is 6.07 Å². The van der Waals surface area contributed by atoms with Gasteiger partial charge in [-0.2, -0.15) is 9.97 Å². The summed E-state index contributed by atoms with van der Waals surface area (Å²) in [6.45, 7) is 3.49. The van der Waals surface area contributed by atoms with Crippen molar-refractivity contribution in [1.29, 1.82) is 0 Å². The molecule has 1 aromatic rings. The number of anilines is 2. The number of methoxy groups -OCH3 is 1. The fourth-order valence-corrected chi connectivity index (χ4v) is 2.29. The van der Waals surface area contributed by atoms with Crippen LogP contribution in [0.25, 0.3) is 0 Å². The minimum Gasteiger partial charge on any atom is -0.481 e. The second kappa shape index (κ2) is 6.40. The first-order chi connectivity index (χ1) is 9.60. The van der Waals surface area contributed by atoms with Crippen molar-refractivity contribution in [3.05, 3.63) is 6.07 Å². The van der Waals surface area contributed by atoms with Crippen LogP contribution in [0.1, 0.15) is 26.2 Å². The van der Waals surface area contributed by atoms with Crippen molar-refractivity contribution in [3.8, 4) is 5.88 Å². The van der Waals surface area contributed by atoms with Crippen LogP contribution < -0.4 is 15.8 Å². The molecule has 2 rings (SSSR count). The highest BCUT2D eigenvalue weighted by atomic mass is 16.5. The van der Waals surface area contributed by atoms with Crippen molar-refractivity contribution in [1.82, 2.24) is 14.9 Å².